The lowest BCUT2D eigenvalue weighted by Gasteiger charge is -2.27. The molecule has 3 aliphatic heterocycles. The first-order chi connectivity index (χ1) is 24.2. The van der Waals surface area contributed by atoms with Gasteiger partial charge < -0.3 is 14.8 Å². The highest BCUT2D eigenvalue weighted by Crippen LogP contribution is 2.48. The molecule has 10 nitrogen and oxygen atoms in total. The molecule has 0 spiro atoms. The van der Waals surface area contributed by atoms with Crippen molar-refractivity contribution >= 4 is 44.9 Å². The summed E-state index contributed by atoms with van der Waals surface area (Å²) in [5, 5.41) is 2.90. The van der Waals surface area contributed by atoms with Crippen LogP contribution in [0, 0.1) is 0 Å². The average molecular weight is 715 g/mol. The molecule has 3 aliphatic rings. The zero-order valence-corrected chi connectivity index (χ0v) is 31.0. The molecule has 0 saturated heterocycles. The van der Waals surface area contributed by atoms with E-state index in [2.05, 4.69) is 97.1 Å². The minimum atomic E-state index is -4.24. The molecule has 3 amide bonds. The van der Waals surface area contributed by atoms with Gasteiger partial charge in [-0.1, -0.05) is 56.3 Å². The van der Waals surface area contributed by atoms with E-state index >= 15 is 0 Å². The fraction of sp³-hybridized carbons (Fsp3) is 0.450. The largest absolute Gasteiger partial charge is 0.748 e. The molecule has 0 bridgehead atoms. The van der Waals surface area contributed by atoms with Crippen LogP contribution in [-0.4, -0.2) is 77.8 Å². The number of fused-ring (bicyclic) bond motifs is 2. The second-order valence-electron chi connectivity index (χ2n) is 14.5. The second kappa shape index (κ2) is 15.9. The molecule has 0 aromatic heterocycles. The van der Waals surface area contributed by atoms with Crippen LogP contribution in [0.25, 0.3) is 0 Å². The Balaban J connectivity index is 1.23. The van der Waals surface area contributed by atoms with Crippen molar-refractivity contribution in [2.24, 2.45) is 0 Å². The quantitative estimate of drug-likeness (QED) is 0.0975. The first kappa shape index (κ1) is 37.9. The van der Waals surface area contributed by atoms with E-state index in [4.69, 9.17) is 0 Å². The Bertz CT molecular complexity index is 1870. The number of hydrogen-bond donors (Lipinski definition) is 1. The number of hydrogen-bond acceptors (Lipinski definition) is 7. The van der Waals surface area contributed by atoms with Crippen LogP contribution < -0.4 is 10.2 Å². The van der Waals surface area contributed by atoms with Crippen molar-refractivity contribution in [1.82, 2.24) is 10.2 Å². The van der Waals surface area contributed by atoms with Crippen LogP contribution in [0.15, 0.2) is 84.6 Å². The van der Waals surface area contributed by atoms with Crippen LogP contribution in [0.5, 0.6) is 0 Å². The molecule has 2 aromatic carbocycles. The Morgan fingerprint density at radius 1 is 0.824 bits per heavy atom. The van der Waals surface area contributed by atoms with Crippen LogP contribution in [0.2, 0.25) is 0 Å². The Labute approximate surface area is 302 Å². The van der Waals surface area contributed by atoms with Crippen molar-refractivity contribution in [3.05, 3.63) is 95.7 Å². The van der Waals surface area contributed by atoms with Crippen LogP contribution >= 0.6 is 0 Å². The van der Waals surface area contributed by atoms with Gasteiger partial charge in [0, 0.05) is 84.9 Å². The van der Waals surface area contributed by atoms with Gasteiger partial charge in [0.15, 0.2) is 5.71 Å². The van der Waals surface area contributed by atoms with Crippen LogP contribution in [0.4, 0.5) is 11.4 Å². The first-order valence-corrected chi connectivity index (χ1v) is 19.5. The molecule has 0 unspecified atom stereocenters. The maximum atomic E-state index is 12.4. The zero-order valence-electron chi connectivity index (χ0n) is 30.2. The lowest BCUT2D eigenvalue weighted by Crippen LogP contribution is -2.33. The summed E-state index contributed by atoms with van der Waals surface area (Å²) in [6.45, 7) is 11.1. The van der Waals surface area contributed by atoms with Crippen LogP contribution in [0.3, 0.4) is 0 Å². The monoisotopic (exact) mass is 714 g/mol. The predicted octanol–water partition coefficient (Wildman–Crippen LogP) is 5.62. The molecule has 0 saturated carbocycles. The Kier molecular flexibility index (Phi) is 11.8. The van der Waals surface area contributed by atoms with Gasteiger partial charge in [0.2, 0.25) is 11.6 Å². The molecule has 2 aromatic rings. The van der Waals surface area contributed by atoms with Crippen molar-refractivity contribution in [3.8, 4) is 0 Å². The maximum Gasteiger partial charge on any atom is 0.253 e. The summed E-state index contributed by atoms with van der Waals surface area (Å²) < 4.78 is 36.0. The number of unbranched alkanes of at least 4 members (excludes halogenated alkanes) is 3. The van der Waals surface area contributed by atoms with E-state index in [9.17, 15) is 27.4 Å². The standard InChI is InChI=1S/C40H50N4O6S/c1-39(2)30-16-7-9-18-32(30)42(26-11-5-6-22-36(45)41-25-15-28-44-37(46)23-24-38(44)47)34(39)20-14-21-35-40(3,4)31-17-8-10-19-33(31)43(35)27-12-13-29-51(48,49)50/h7-10,14,16-21,23-24H,5-6,11-13,15,22,25-29H2,1-4H3,(H-,41,45,48,49,50). The van der Waals surface area contributed by atoms with Crippen molar-refractivity contribution in [2.75, 3.05) is 36.8 Å². The summed E-state index contributed by atoms with van der Waals surface area (Å²) in [6.07, 6.45) is 13.5. The number of rotatable bonds is 17. The number of carbonyl (C=O) groups excluding carboxylic acids is 3. The highest BCUT2D eigenvalue weighted by atomic mass is 32.2. The van der Waals surface area contributed by atoms with Crippen LogP contribution in [0.1, 0.15) is 83.8 Å². The SMILES string of the molecule is CC1(C)C(/C=C/C=C2/N(CCCCS(=O)(=O)[O-])c3ccccc3C2(C)C)=[N+](CCCCCC(=O)NCCCN2C(=O)C=CC2=O)c2ccccc21. The molecule has 51 heavy (non-hydrogen) atoms. The summed E-state index contributed by atoms with van der Waals surface area (Å²) in [4.78, 5) is 39.2. The highest BCUT2D eigenvalue weighted by molar-refractivity contribution is 7.85. The third-order valence-electron chi connectivity index (χ3n) is 10.2. The third-order valence-corrected chi connectivity index (χ3v) is 11.0. The first-order valence-electron chi connectivity index (χ1n) is 18.0. The molecule has 11 heteroatoms. The number of anilines is 1. The number of allylic oxidation sites excluding steroid dienone is 4. The number of amides is 3. The smallest absolute Gasteiger partial charge is 0.253 e. The van der Waals surface area contributed by atoms with Gasteiger partial charge >= 0.3 is 0 Å². The summed E-state index contributed by atoms with van der Waals surface area (Å²) in [7, 11) is -4.24. The summed E-state index contributed by atoms with van der Waals surface area (Å²) >= 11 is 0. The Morgan fingerprint density at radius 2 is 1.49 bits per heavy atom. The summed E-state index contributed by atoms with van der Waals surface area (Å²) in [5.74, 6) is -0.987. The van der Waals surface area contributed by atoms with Gasteiger partial charge in [0.25, 0.3) is 11.8 Å². The normalized spacial score (nSPS) is 18.4. The van der Waals surface area contributed by atoms with E-state index in [0.29, 0.717) is 45.3 Å². The lowest BCUT2D eigenvalue weighted by atomic mass is 9.81. The van der Waals surface area contributed by atoms with Gasteiger partial charge in [-0.25, -0.2) is 8.42 Å². The molecule has 0 atom stereocenters. The van der Waals surface area contributed by atoms with Gasteiger partial charge in [-0.05, 0) is 63.7 Å². The molecule has 272 valence electrons. The van der Waals surface area contributed by atoms with E-state index < -0.39 is 10.1 Å². The second-order valence-corrected chi connectivity index (χ2v) is 16.1. The minimum Gasteiger partial charge on any atom is -0.748 e. The van der Waals surface area contributed by atoms with Gasteiger partial charge in [-0.2, -0.15) is 4.58 Å². The number of nitrogens with zero attached hydrogens (tertiary/aromatic N) is 3. The number of nitrogens with one attached hydrogen (secondary N) is 1. The van der Waals surface area contributed by atoms with Gasteiger partial charge in [0.1, 0.15) is 6.54 Å². The third kappa shape index (κ3) is 8.76. The fourth-order valence-corrected chi connectivity index (χ4v) is 8.04. The Morgan fingerprint density at radius 3 is 2.22 bits per heavy atom. The topological polar surface area (TPSA) is 130 Å². The highest BCUT2D eigenvalue weighted by Gasteiger charge is 2.44. The molecular weight excluding hydrogens is 665 g/mol. The zero-order chi connectivity index (χ0) is 36.8. The minimum absolute atomic E-state index is 0.0236. The average Bonchev–Trinajstić information content (AvgIpc) is 3.60. The van der Waals surface area contributed by atoms with E-state index in [0.717, 1.165) is 37.2 Å². The maximum absolute atomic E-state index is 12.4. The number of benzene rings is 2. The number of para-hydroxylation sites is 2. The summed E-state index contributed by atoms with van der Waals surface area (Å²) in [6, 6.07) is 16.8. The van der Waals surface area contributed by atoms with E-state index in [-0.39, 0.29) is 34.3 Å². The lowest BCUT2D eigenvalue weighted by molar-refractivity contribution is -0.438. The molecule has 3 heterocycles. The molecular formula is C40H50N4O6S. The van der Waals surface area contributed by atoms with E-state index in [1.807, 2.05) is 12.1 Å². The van der Waals surface area contributed by atoms with Crippen molar-refractivity contribution < 1.29 is 31.9 Å². The van der Waals surface area contributed by atoms with Gasteiger partial charge in [-0.15, -0.1) is 0 Å². The van der Waals surface area contributed by atoms with Gasteiger partial charge in [0.05, 0.1) is 15.5 Å². The van der Waals surface area contributed by atoms with Crippen molar-refractivity contribution in [2.45, 2.75) is 83.5 Å². The summed E-state index contributed by atoms with van der Waals surface area (Å²) in [5.41, 5.74) is 6.63. The molecule has 5 rings (SSSR count). The molecule has 0 aliphatic carbocycles. The number of carbonyl (C=O) groups is 3. The van der Waals surface area contributed by atoms with Crippen molar-refractivity contribution in [1.29, 1.82) is 0 Å². The predicted molar refractivity (Wildman–Crippen MR) is 199 cm³/mol. The van der Waals surface area contributed by atoms with Crippen LogP contribution in [-0.2, 0) is 35.3 Å². The number of imide groups is 1. The molecule has 0 radical (unpaired) electrons. The molecule has 1 N–H and O–H groups in total. The molecule has 0 fully saturated rings. The fourth-order valence-electron chi connectivity index (χ4n) is 7.48. The van der Waals surface area contributed by atoms with Crippen molar-refractivity contribution in [3.63, 3.8) is 0 Å². The van der Waals surface area contributed by atoms with E-state index in [1.165, 1.54) is 39.6 Å². The van der Waals surface area contributed by atoms with Gasteiger partial charge in [-0.3, -0.25) is 19.3 Å². The Hall–Kier alpha value is -4.35. The van der Waals surface area contributed by atoms with E-state index in [1.54, 1.807) is 0 Å².